The van der Waals surface area contributed by atoms with Gasteiger partial charge in [0.1, 0.15) is 0 Å². The summed E-state index contributed by atoms with van der Waals surface area (Å²) in [6.45, 7) is 2.65. The molecule has 0 radical (unpaired) electrons. The largest absolute Gasteiger partial charge is 0.416 e. The van der Waals surface area contributed by atoms with Crippen molar-refractivity contribution in [3.63, 3.8) is 0 Å². The summed E-state index contributed by atoms with van der Waals surface area (Å²) in [4.78, 5) is 0. The zero-order valence-corrected chi connectivity index (χ0v) is 13.8. The zero-order chi connectivity index (χ0) is 15.5. The molecular formula is C15H15BrF3NS. The number of hydrogen-bond acceptors (Lipinski definition) is 2. The third-order valence-corrected chi connectivity index (χ3v) is 4.30. The fraction of sp³-hybridized carbons (Fsp3) is 0.333. The molecule has 0 saturated heterocycles. The zero-order valence-electron chi connectivity index (χ0n) is 11.4. The highest BCUT2D eigenvalue weighted by atomic mass is 79.9. The van der Waals surface area contributed by atoms with Crippen LogP contribution in [0.5, 0.6) is 0 Å². The lowest BCUT2D eigenvalue weighted by molar-refractivity contribution is -0.138. The third kappa shape index (κ3) is 4.08. The molecule has 1 aromatic carbocycles. The van der Waals surface area contributed by atoms with E-state index in [-0.39, 0.29) is 5.56 Å². The number of alkyl halides is 3. The van der Waals surface area contributed by atoms with E-state index in [2.05, 4.69) is 21.2 Å². The molecule has 1 atom stereocenters. The molecule has 0 aliphatic rings. The monoisotopic (exact) mass is 377 g/mol. The smallest absolute Gasteiger partial charge is 0.306 e. The second-order valence-electron chi connectivity index (χ2n) is 4.67. The number of halogens is 4. The van der Waals surface area contributed by atoms with Gasteiger partial charge in [-0.1, -0.05) is 28.9 Å². The molecule has 1 aromatic heterocycles. The first kappa shape index (κ1) is 16.5. The molecule has 2 rings (SSSR count). The summed E-state index contributed by atoms with van der Waals surface area (Å²) in [7, 11) is 0. The summed E-state index contributed by atoms with van der Waals surface area (Å²) in [5.41, 5.74) is 0.524. The molecule has 6 heteroatoms. The molecule has 1 N–H and O–H groups in total. The van der Waals surface area contributed by atoms with Crippen LogP contribution in [0.2, 0.25) is 0 Å². The summed E-state index contributed by atoms with van der Waals surface area (Å²) < 4.78 is 40.3. The van der Waals surface area contributed by atoms with Crippen LogP contribution >= 0.6 is 27.3 Å². The van der Waals surface area contributed by atoms with Gasteiger partial charge in [-0.25, -0.2) is 0 Å². The van der Waals surface area contributed by atoms with Crippen LogP contribution in [-0.2, 0) is 6.18 Å². The van der Waals surface area contributed by atoms with Crippen LogP contribution in [0.3, 0.4) is 0 Å². The first-order valence-corrected chi connectivity index (χ1v) is 8.29. The van der Waals surface area contributed by atoms with Crippen molar-refractivity contribution in [2.45, 2.75) is 25.6 Å². The Hall–Kier alpha value is -0.850. The van der Waals surface area contributed by atoms with Gasteiger partial charge < -0.3 is 5.32 Å². The lowest BCUT2D eigenvalue weighted by atomic mass is 9.95. The number of nitrogens with one attached hydrogen (secondary N) is 1. The minimum Gasteiger partial charge on any atom is -0.306 e. The summed E-state index contributed by atoms with van der Waals surface area (Å²) >= 11 is 4.60. The standard InChI is InChI=1S/C15H15BrF3NS/c1-2-6-20-14(10-5-7-21-9-10)12-4-3-11(16)8-13(12)15(17,18)19/h3-5,7-9,14,20H,2,6H2,1H3. The molecule has 0 spiro atoms. The second kappa shape index (κ2) is 6.94. The number of thiophene rings is 1. The van der Waals surface area contributed by atoms with E-state index < -0.39 is 17.8 Å². The number of rotatable bonds is 5. The van der Waals surface area contributed by atoms with Crippen molar-refractivity contribution in [3.05, 3.63) is 56.2 Å². The van der Waals surface area contributed by atoms with Crippen LogP contribution in [0.1, 0.15) is 36.1 Å². The third-order valence-electron chi connectivity index (χ3n) is 3.11. The molecule has 0 amide bonds. The van der Waals surface area contributed by atoms with Gasteiger partial charge in [0.25, 0.3) is 0 Å². The molecule has 21 heavy (non-hydrogen) atoms. The van der Waals surface area contributed by atoms with Crippen molar-refractivity contribution in [3.8, 4) is 0 Å². The maximum atomic E-state index is 13.3. The molecule has 2 aromatic rings. The van der Waals surface area contributed by atoms with E-state index in [0.29, 0.717) is 11.0 Å². The molecular weight excluding hydrogens is 363 g/mol. The van der Waals surface area contributed by atoms with Crippen LogP contribution in [0, 0.1) is 0 Å². The van der Waals surface area contributed by atoms with Gasteiger partial charge in [-0.3, -0.25) is 0 Å². The van der Waals surface area contributed by atoms with Gasteiger partial charge in [-0.15, -0.1) is 0 Å². The molecule has 0 aliphatic carbocycles. The average molecular weight is 378 g/mol. The Morgan fingerprint density at radius 1 is 1.29 bits per heavy atom. The SMILES string of the molecule is CCCNC(c1ccsc1)c1ccc(Br)cc1C(F)(F)F. The first-order valence-electron chi connectivity index (χ1n) is 6.55. The highest BCUT2D eigenvalue weighted by molar-refractivity contribution is 9.10. The molecule has 114 valence electrons. The van der Waals surface area contributed by atoms with Gasteiger partial charge in [0.05, 0.1) is 11.6 Å². The maximum absolute atomic E-state index is 13.3. The summed E-state index contributed by atoms with van der Waals surface area (Å²) in [6.07, 6.45) is -3.51. The van der Waals surface area contributed by atoms with Gasteiger partial charge in [-0.05, 0) is 53.1 Å². The van der Waals surface area contributed by atoms with Crippen molar-refractivity contribution >= 4 is 27.3 Å². The highest BCUT2D eigenvalue weighted by Gasteiger charge is 2.35. The topological polar surface area (TPSA) is 12.0 Å². The van der Waals surface area contributed by atoms with E-state index in [4.69, 9.17) is 0 Å². The molecule has 0 aliphatic heterocycles. The summed E-state index contributed by atoms with van der Waals surface area (Å²) in [6, 6.07) is 5.75. The van der Waals surface area contributed by atoms with Gasteiger partial charge >= 0.3 is 6.18 Å². The normalized spacial score (nSPS) is 13.4. The average Bonchev–Trinajstić information content (AvgIpc) is 2.93. The molecule has 1 heterocycles. The van der Waals surface area contributed by atoms with Gasteiger partial charge in [-0.2, -0.15) is 24.5 Å². The summed E-state index contributed by atoms with van der Waals surface area (Å²) in [5, 5.41) is 6.97. The molecule has 0 bridgehead atoms. The molecule has 0 saturated carbocycles. The lowest BCUT2D eigenvalue weighted by Gasteiger charge is -2.22. The summed E-state index contributed by atoms with van der Waals surface area (Å²) in [5.74, 6) is 0. The van der Waals surface area contributed by atoms with E-state index in [1.807, 2.05) is 23.8 Å². The minimum absolute atomic E-state index is 0.262. The molecule has 1 unspecified atom stereocenters. The van der Waals surface area contributed by atoms with Crippen LogP contribution in [0.15, 0.2) is 39.5 Å². The minimum atomic E-state index is -4.37. The van der Waals surface area contributed by atoms with Crippen molar-refractivity contribution < 1.29 is 13.2 Å². The number of benzene rings is 1. The Morgan fingerprint density at radius 2 is 2.05 bits per heavy atom. The Kier molecular flexibility index (Phi) is 5.46. The van der Waals surface area contributed by atoms with Crippen LogP contribution < -0.4 is 5.32 Å². The van der Waals surface area contributed by atoms with Crippen molar-refractivity contribution in [2.24, 2.45) is 0 Å². The molecule has 0 fully saturated rings. The van der Waals surface area contributed by atoms with Crippen LogP contribution in [0.4, 0.5) is 13.2 Å². The quantitative estimate of drug-likeness (QED) is 0.712. The van der Waals surface area contributed by atoms with Crippen molar-refractivity contribution in [1.29, 1.82) is 0 Å². The van der Waals surface area contributed by atoms with Gasteiger partial charge in [0.2, 0.25) is 0 Å². The van der Waals surface area contributed by atoms with E-state index in [1.165, 1.54) is 17.4 Å². The van der Waals surface area contributed by atoms with Gasteiger partial charge in [0, 0.05) is 4.47 Å². The fourth-order valence-electron chi connectivity index (χ4n) is 2.16. The van der Waals surface area contributed by atoms with E-state index >= 15 is 0 Å². The van der Waals surface area contributed by atoms with Crippen LogP contribution in [0.25, 0.3) is 0 Å². The van der Waals surface area contributed by atoms with E-state index in [1.54, 1.807) is 6.07 Å². The maximum Gasteiger partial charge on any atom is 0.416 e. The predicted molar refractivity (Wildman–Crippen MR) is 83.6 cm³/mol. The van der Waals surface area contributed by atoms with E-state index in [9.17, 15) is 13.2 Å². The highest BCUT2D eigenvalue weighted by Crippen LogP contribution is 2.38. The molecule has 1 nitrogen and oxygen atoms in total. The van der Waals surface area contributed by atoms with E-state index in [0.717, 1.165) is 18.1 Å². The number of hydrogen-bond donors (Lipinski definition) is 1. The van der Waals surface area contributed by atoms with Crippen molar-refractivity contribution in [1.82, 2.24) is 5.32 Å². The second-order valence-corrected chi connectivity index (χ2v) is 6.37. The van der Waals surface area contributed by atoms with Crippen molar-refractivity contribution in [2.75, 3.05) is 6.54 Å². The first-order chi connectivity index (χ1) is 9.93. The predicted octanol–water partition coefficient (Wildman–Crippen LogP) is 5.62. The lowest BCUT2D eigenvalue weighted by Crippen LogP contribution is -2.25. The Morgan fingerprint density at radius 3 is 2.62 bits per heavy atom. The Balaban J connectivity index is 2.49. The Labute approximate surface area is 134 Å². The van der Waals surface area contributed by atoms with Gasteiger partial charge in [0.15, 0.2) is 0 Å². The van der Waals surface area contributed by atoms with Crippen LogP contribution in [-0.4, -0.2) is 6.54 Å². The fourth-order valence-corrected chi connectivity index (χ4v) is 3.21. The Bertz CT molecular complexity index is 581.